The third kappa shape index (κ3) is 3.21. The SMILES string of the molecule is CC1C(c2ccccc2)=C(c2ccccc2)C(c2ccccc2)=C1c1ccccc1. The minimum absolute atomic E-state index is 0.292. The lowest BCUT2D eigenvalue weighted by Crippen LogP contribution is -1.99. The molecule has 0 heterocycles. The molecule has 0 saturated heterocycles. The van der Waals surface area contributed by atoms with Gasteiger partial charge in [-0.2, -0.15) is 0 Å². The fourth-order valence-electron chi connectivity index (χ4n) is 4.68. The van der Waals surface area contributed by atoms with E-state index in [1.54, 1.807) is 0 Å². The lowest BCUT2D eigenvalue weighted by Gasteiger charge is -2.16. The molecule has 1 aliphatic carbocycles. The van der Waals surface area contributed by atoms with Crippen molar-refractivity contribution in [3.05, 3.63) is 144 Å². The predicted octanol–water partition coefficient (Wildman–Crippen LogP) is 7.86. The van der Waals surface area contributed by atoms with Crippen LogP contribution in [0.3, 0.4) is 0 Å². The van der Waals surface area contributed by atoms with Crippen molar-refractivity contribution in [3.8, 4) is 0 Å². The van der Waals surface area contributed by atoms with E-state index in [9.17, 15) is 0 Å². The second kappa shape index (κ2) is 8.00. The van der Waals surface area contributed by atoms with Gasteiger partial charge in [-0.1, -0.05) is 128 Å². The molecule has 0 bridgehead atoms. The zero-order valence-corrected chi connectivity index (χ0v) is 17.1. The topological polar surface area (TPSA) is 0 Å². The Morgan fingerprint density at radius 3 is 0.933 bits per heavy atom. The lowest BCUT2D eigenvalue weighted by molar-refractivity contribution is 1.00. The molecule has 0 saturated carbocycles. The smallest absolute Gasteiger partial charge is 0.00856 e. The van der Waals surface area contributed by atoms with E-state index in [0.717, 1.165) is 0 Å². The largest absolute Gasteiger partial charge is 0.0622 e. The number of rotatable bonds is 4. The Morgan fingerprint density at radius 1 is 0.367 bits per heavy atom. The van der Waals surface area contributed by atoms with E-state index in [4.69, 9.17) is 0 Å². The van der Waals surface area contributed by atoms with Gasteiger partial charge in [0.25, 0.3) is 0 Å². The number of hydrogen-bond donors (Lipinski definition) is 0. The molecule has 4 aromatic rings. The van der Waals surface area contributed by atoms with Crippen LogP contribution in [0.15, 0.2) is 121 Å². The van der Waals surface area contributed by atoms with E-state index in [2.05, 4.69) is 128 Å². The van der Waals surface area contributed by atoms with Crippen molar-refractivity contribution in [2.75, 3.05) is 0 Å². The quantitative estimate of drug-likeness (QED) is 0.336. The number of benzene rings is 4. The van der Waals surface area contributed by atoms with Crippen LogP contribution >= 0.6 is 0 Å². The Bertz CT molecular complexity index is 1100. The highest BCUT2D eigenvalue weighted by molar-refractivity contribution is 6.28. The third-order valence-corrected chi connectivity index (χ3v) is 5.95. The minimum atomic E-state index is 0.292. The summed E-state index contributed by atoms with van der Waals surface area (Å²) in [7, 11) is 0. The molecule has 4 aromatic carbocycles. The summed E-state index contributed by atoms with van der Waals surface area (Å²) in [6, 6.07) is 43.4. The van der Waals surface area contributed by atoms with E-state index >= 15 is 0 Å². The highest BCUT2D eigenvalue weighted by Crippen LogP contribution is 2.54. The Balaban J connectivity index is 1.86. The lowest BCUT2D eigenvalue weighted by atomic mass is 9.87. The van der Waals surface area contributed by atoms with Crippen molar-refractivity contribution < 1.29 is 0 Å². The Labute approximate surface area is 178 Å². The van der Waals surface area contributed by atoms with Crippen molar-refractivity contribution in [2.45, 2.75) is 6.92 Å². The average molecular weight is 385 g/mol. The molecule has 0 N–H and O–H groups in total. The normalized spacial score (nSPS) is 14.4. The van der Waals surface area contributed by atoms with Crippen LogP contribution in [0, 0.1) is 5.92 Å². The predicted molar refractivity (Wildman–Crippen MR) is 129 cm³/mol. The van der Waals surface area contributed by atoms with Gasteiger partial charge in [-0.25, -0.2) is 0 Å². The first-order valence-electron chi connectivity index (χ1n) is 10.5. The standard InChI is InChI=1S/C30H24/c1-22-27(23-14-6-2-7-15-23)29(25-18-10-4-11-19-25)30(26-20-12-5-13-21-26)28(22)24-16-8-3-9-17-24/h2-22H,1H3. The summed E-state index contributed by atoms with van der Waals surface area (Å²) in [5, 5.41) is 0. The van der Waals surface area contributed by atoms with Crippen LogP contribution in [0.2, 0.25) is 0 Å². The summed E-state index contributed by atoms with van der Waals surface area (Å²) in [5.41, 5.74) is 10.6. The first-order valence-corrected chi connectivity index (χ1v) is 10.5. The van der Waals surface area contributed by atoms with E-state index < -0.39 is 0 Å². The van der Waals surface area contributed by atoms with E-state index in [1.165, 1.54) is 44.5 Å². The maximum absolute atomic E-state index is 2.35. The zero-order valence-electron chi connectivity index (χ0n) is 17.1. The summed E-state index contributed by atoms with van der Waals surface area (Å²) in [4.78, 5) is 0. The first kappa shape index (κ1) is 18.4. The van der Waals surface area contributed by atoms with Crippen LogP contribution in [-0.2, 0) is 0 Å². The van der Waals surface area contributed by atoms with Gasteiger partial charge in [0.1, 0.15) is 0 Å². The van der Waals surface area contributed by atoms with Crippen LogP contribution in [0.25, 0.3) is 22.3 Å². The zero-order chi connectivity index (χ0) is 20.3. The highest BCUT2D eigenvalue weighted by atomic mass is 14.4. The summed E-state index contributed by atoms with van der Waals surface area (Å²) < 4.78 is 0. The molecule has 0 amide bonds. The first-order chi connectivity index (χ1) is 14.8. The molecule has 5 rings (SSSR count). The molecule has 30 heavy (non-hydrogen) atoms. The highest BCUT2D eigenvalue weighted by Gasteiger charge is 2.33. The third-order valence-electron chi connectivity index (χ3n) is 5.95. The van der Waals surface area contributed by atoms with Crippen molar-refractivity contribution >= 4 is 22.3 Å². The Kier molecular flexibility index (Phi) is 4.91. The molecule has 0 heteroatoms. The van der Waals surface area contributed by atoms with Crippen LogP contribution in [0.1, 0.15) is 29.2 Å². The van der Waals surface area contributed by atoms with Gasteiger partial charge in [-0.15, -0.1) is 0 Å². The molecule has 1 aliphatic rings. The summed E-state index contributed by atoms with van der Waals surface area (Å²) in [6.45, 7) is 2.35. The molecule has 0 aliphatic heterocycles. The van der Waals surface area contributed by atoms with Gasteiger partial charge in [0.05, 0.1) is 0 Å². The molecular formula is C30H24. The van der Waals surface area contributed by atoms with E-state index in [1.807, 2.05) is 0 Å². The molecule has 0 spiro atoms. The molecule has 0 nitrogen and oxygen atoms in total. The van der Waals surface area contributed by atoms with Gasteiger partial charge in [0.15, 0.2) is 0 Å². The van der Waals surface area contributed by atoms with Gasteiger partial charge >= 0.3 is 0 Å². The van der Waals surface area contributed by atoms with Crippen molar-refractivity contribution in [1.82, 2.24) is 0 Å². The second-order valence-electron chi connectivity index (χ2n) is 7.76. The second-order valence-corrected chi connectivity index (χ2v) is 7.76. The van der Waals surface area contributed by atoms with Gasteiger partial charge in [0.2, 0.25) is 0 Å². The molecule has 0 unspecified atom stereocenters. The Hall–Kier alpha value is -3.64. The van der Waals surface area contributed by atoms with Crippen LogP contribution in [0.4, 0.5) is 0 Å². The molecule has 0 aromatic heterocycles. The van der Waals surface area contributed by atoms with Gasteiger partial charge in [0, 0.05) is 5.92 Å². The molecule has 0 radical (unpaired) electrons. The van der Waals surface area contributed by atoms with Gasteiger partial charge in [-0.05, 0) is 44.5 Å². The van der Waals surface area contributed by atoms with E-state index in [0.29, 0.717) is 5.92 Å². The molecular weight excluding hydrogens is 360 g/mol. The molecule has 144 valence electrons. The molecule has 0 fully saturated rings. The summed E-state index contributed by atoms with van der Waals surface area (Å²) >= 11 is 0. The van der Waals surface area contributed by atoms with Gasteiger partial charge in [-0.3, -0.25) is 0 Å². The van der Waals surface area contributed by atoms with Crippen LogP contribution in [0.5, 0.6) is 0 Å². The maximum Gasteiger partial charge on any atom is 0.00856 e. The van der Waals surface area contributed by atoms with Gasteiger partial charge < -0.3 is 0 Å². The number of hydrogen-bond acceptors (Lipinski definition) is 0. The fourth-order valence-corrected chi connectivity index (χ4v) is 4.68. The number of allylic oxidation sites excluding steroid dienone is 4. The Morgan fingerprint density at radius 2 is 0.633 bits per heavy atom. The maximum atomic E-state index is 2.35. The van der Waals surface area contributed by atoms with Crippen molar-refractivity contribution in [3.63, 3.8) is 0 Å². The van der Waals surface area contributed by atoms with Crippen LogP contribution in [-0.4, -0.2) is 0 Å². The fraction of sp³-hybridized carbons (Fsp3) is 0.0667. The monoisotopic (exact) mass is 384 g/mol. The summed E-state index contributed by atoms with van der Waals surface area (Å²) in [5.74, 6) is 0.292. The molecule has 0 atom stereocenters. The van der Waals surface area contributed by atoms with Crippen LogP contribution < -0.4 is 0 Å². The van der Waals surface area contributed by atoms with Crippen molar-refractivity contribution in [1.29, 1.82) is 0 Å². The summed E-state index contributed by atoms with van der Waals surface area (Å²) in [6.07, 6.45) is 0. The average Bonchev–Trinajstić information content (AvgIpc) is 3.14. The van der Waals surface area contributed by atoms with Crippen molar-refractivity contribution in [2.24, 2.45) is 5.92 Å². The van der Waals surface area contributed by atoms with E-state index in [-0.39, 0.29) is 0 Å². The minimum Gasteiger partial charge on any atom is -0.0622 e.